The molecule has 5 nitrogen and oxygen atoms in total. The molecule has 2 aromatic carbocycles. The molecule has 0 spiro atoms. The van der Waals surface area contributed by atoms with Crippen molar-refractivity contribution in [2.24, 2.45) is 0 Å². The highest BCUT2D eigenvalue weighted by Crippen LogP contribution is 2.29. The number of anilines is 2. The van der Waals surface area contributed by atoms with E-state index in [9.17, 15) is 9.59 Å². The molecule has 0 aliphatic carbocycles. The fraction of sp³-hybridized carbons (Fsp3) is 0.222. The summed E-state index contributed by atoms with van der Waals surface area (Å²) in [5.41, 5.74) is 6.76. The predicted octanol–water partition coefficient (Wildman–Crippen LogP) is 4.63. The van der Waals surface area contributed by atoms with E-state index in [2.05, 4.69) is 5.32 Å². The van der Waals surface area contributed by atoms with Gasteiger partial charge in [0.1, 0.15) is 0 Å². The van der Waals surface area contributed by atoms with E-state index in [4.69, 9.17) is 33.7 Å². The van der Waals surface area contributed by atoms with Gasteiger partial charge in [0.25, 0.3) is 0 Å². The number of nitrogens with two attached hydrogens (primary N) is 1. The van der Waals surface area contributed by atoms with Crippen LogP contribution in [0.5, 0.6) is 0 Å². The second kappa shape index (κ2) is 9.71. The molecule has 0 bridgehead atoms. The van der Waals surface area contributed by atoms with Crippen molar-refractivity contribution in [3.8, 4) is 0 Å². The molecule has 0 saturated carbocycles. The largest absolute Gasteiger partial charge is 0.466 e. The Morgan fingerprint density at radius 1 is 1.15 bits per heavy atom. The lowest BCUT2D eigenvalue weighted by Crippen LogP contribution is -2.28. The van der Waals surface area contributed by atoms with Crippen LogP contribution in [0.4, 0.5) is 11.4 Å². The lowest BCUT2D eigenvalue weighted by molar-refractivity contribution is -0.143. The zero-order valence-corrected chi connectivity index (χ0v) is 16.3. The van der Waals surface area contributed by atoms with Crippen molar-refractivity contribution in [3.63, 3.8) is 0 Å². The maximum Gasteiger partial charge on any atom is 0.307 e. The molecule has 26 heavy (non-hydrogen) atoms. The third kappa shape index (κ3) is 6.44. The van der Waals surface area contributed by atoms with Gasteiger partial charge in [-0.15, -0.1) is 11.8 Å². The van der Waals surface area contributed by atoms with Crippen LogP contribution in [0.1, 0.15) is 13.3 Å². The Bertz CT molecular complexity index is 764. The van der Waals surface area contributed by atoms with E-state index in [0.29, 0.717) is 21.4 Å². The molecule has 2 aromatic rings. The molecule has 0 radical (unpaired) electrons. The fourth-order valence-corrected chi connectivity index (χ4v) is 3.65. The van der Waals surface area contributed by atoms with E-state index in [-0.39, 0.29) is 18.9 Å². The van der Waals surface area contributed by atoms with Gasteiger partial charge in [0.15, 0.2) is 0 Å². The van der Waals surface area contributed by atoms with E-state index < -0.39 is 11.2 Å². The molecule has 0 heterocycles. The Morgan fingerprint density at radius 3 is 2.35 bits per heavy atom. The molecule has 1 unspecified atom stereocenters. The van der Waals surface area contributed by atoms with Crippen LogP contribution in [-0.2, 0) is 14.3 Å². The zero-order valence-electron chi connectivity index (χ0n) is 14.0. The Labute approximate surface area is 166 Å². The number of thioether (sulfide) groups is 1. The van der Waals surface area contributed by atoms with Crippen molar-refractivity contribution in [3.05, 3.63) is 52.5 Å². The molecule has 0 aromatic heterocycles. The van der Waals surface area contributed by atoms with Crippen molar-refractivity contribution in [1.82, 2.24) is 0 Å². The second-order valence-corrected chi connectivity index (χ2v) is 7.48. The average molecular weight is 413 g/mol. The first kappa shape index (κ1) is 20.4. The molecular formula is C18H18Cl2N2O3S. The second-order valence-electron chi connectivity index (χ2n) is 5.33. The Kier molecular flexibility index (Phi) is 7.63. The molecule has 2 rings (SSSR count). The third-order valence-corrected chi connectivity index (χ3v) is 4.88. The third-order valence-electron chi connectivity index (χ3n) is 3.24. The number of nitrogen functional groups attached to an aromatic ring is 1. The molecule has 1 atom stereocenters. The predicted molar refractivity (Wildman–Crippen MR) is 107 cm³/mol. The monoisotopic (exact) mass is 412 g/mol. The Balaban J connectivity index is 2.16. The number of hydrogen-bond acceptors (Lipinski definition) is 5. The van der Waals surface area contributed by atoms with Crippen LogP contribution in [-0.4, -0.2) is 23.7 Å². The van der Waals surface area contributed by atoms with Crippen molar-refractivity contribution >= 4 is 58.2 Å². The quantitative estimate of drug-likeness (QED) is 0.393. The van der Waals surface area contributed by atoms with Gasteiger partial charge in [0.2, 0.25) is 5.91 Å². The highest BCUT2D eigenvalue weighted by atomic mass is 35.5. The number of amides is 1. The van der Waals surface area contributed by atoms with Crippen molar-refractivity contribution in [2.75, 3.05) is 17.7 Å². The molecule has 8 heteroatoms. The van der Waals surface area contributed by atoms with Crippen molar-refractivity contribution < 1.29 is 14.3 Å². The highest BCUT2D eigenvalue weighted by molar-refractivity contribution is 8.00. The van der Waals surface area contributed by atoms with Gasteiger partial charge < -0.3 is 15.8 Å². The number of nitrogens with one attached hydrogen (secondary N) is 1. The summed E-state index contributed by atoms with van der Waals surface area (Å²) in [6.45, 7) is 1.97. The minimum absolute atomic E-state index is 0.0665. The summed E-state index contributed by atoms with van der Waals surface area (Å²) in [5.74, 6) is -0.794. The zero-order chi connectivity index (χ0) is 19.1. The van der Waals surface area contributed by atoms with Gasteiger partial charge in [-0.1, -0.05) is 23.2 Å². The maximum absolute atomic E-state index is 12.7. The van der Waals surface area contributed by atoms with E-state index >= 15 is 0 Å². The van der Waals surface area contributed by atoms with Crippen LogP contribution < -0.4 is 11.1 Å². The molecule has 1 amide bonds. The first-order valence-electron chi connectivity index (χ1n) is 7.82. The van der Waals surface area contributed by atoms with Gasteiger partial charge in [-0.2, -0.15) is 0 Å². The lowest BCUT2D eigenvalue weighted by Gasteiger charge is -2.16. The Morgan fingerprint density at radius 2 is 1.77 bits per heavy atom. The molecule has 3 N–H and O–H groups in total. The van der Waals surface area contributed by atoms with Gasteiger partial charge >= 0.3 is 5.97 Å². The number of hydrogen-bond donors (Lipinski definition) is 2. The lowest BCUT2D eigenvalue weighted by atomic mass is 10.2. The summed E-state index contributed by atoms with van der Waals surface area (Å²) in [5, 5.41) is 2.86. The average Bonchev–Trinajstić information content (AvgIpc) is 2.55. The van der Waals surface area contributed by atoms with Gasteiger partial charge in [0, 0.05) is 26.3 Å². The summed E-state index contributed by atoms with van der Waals surface area (Å²) in [6.07, 6.45) is -0.0665. The van der Waals surface area contributed by atoms with Crippen LogP contribution in [0.25, 0.3) is 0 Å². The van der Waals surface area contributed by atoms with Gasteiger partial charge in [-0.05, 0) is 49.4 Å². The number of esters is 1. The molecule has 0 fully saturated rings. The van der Waals surface area contributed by atoms with Gasteiger partial charge in [-0.3, -0.25) is 9.59 Å². The summed E-state index contributed by atoms with van der Waals surface area (Å²) in [6, 6.07) is 11.8. The molecular weight excluding hydrogens is 395 g/mol. The minimum Gasteiger partial charge on any atom is -0.466 e. The number of benzene rings is 2. The topological polar surface area (TPSA) is 81.4 Å². The smallest absolute Gasteiger partial charge is 0.307 e. The first-order chi connectivity index (χ1) is 12.4. The number of carbonyl (C=O) groups is 2. The van der Waals surface area contributed by atoms with E-state index in [1.54, 1.807) is 49.4 Å². The van der Waals surface area contributed by atoms with E-state index in [1.165, 1.54) is 11.8 Å². The SMILES string of the molecule is CCOC(=O)CC(Sc1ccc(N)cc1)C(=O)Nc1cc(Cl)cc(Cl)c1. The normalized spacial score (nSPS) is 11.7. The maximum atomic E-state index is 12.7. The molecule has 0 aliphatic rings. The first-order valence-corrected chi connectivity index (χ1v) is 9.45. The summed E-state index contributed by atoms with van der Waals surface area (Å²) in [7, 11) is 0. The minimum atomic E-state index is -0.685. The van der Waals surface area contributed by atoms with Crippen LogP contribution in [0.3, 0.4) is 0 Å². The number of halogens is 2. The van der Waals surface area contributed by atoms with Crippen LogP contribution >= 0.6 is 35.0 Å². The van der Waals surface area contributed by atoms with E-state index in [1.807, 2.05) is 0 Å². The number of rotatable bonds is 7. The van der Waals surface area contributed by atoms with Crippen molar-refractivity contribution in [2.45, 2.75) is 23.5 Å². The van der Waals surface area contributed by atoms with Crippen LogP contribution in [0.2, 0.25) is 10.0 Å². The highest BCUT2D eigenvalue weighted by Gasteiger charge is 2.24. The summed E-state index contributed by atoms with van der Waals surface area (Å²) in [4.78, 5) is 25.4. The van der Waals surface area contributed by atoms with Gasteiger partial charge in [0.05, 0.1) is 18.3 Å². The van der Waals surface area contributed by atoms with Gasteiger partial charge in [-0.25, -0.2) is 0 Å². The molecule has 0 saturated heterocycles. The van der Waals surface area contributed by atoms with E-state index in [0.717, 1.165) is 4.90 Å². The number of ether oxygens (including phenoxy) is 1. The number of carbonyl (C=O) groups excluding carboxylic acids is 2. The fourth-order valence-electron chi connectivity index (χ4n) is 2.12. The van der Waals surface area contributed by atoms with Crippen LogP contribution in [0, 0.1) is 0 Å². The summed E-state index contributed by atoms with van der Waals surface area (Å²) < 4.78 is 4.97. The van der Waals surface area contributed by atoms with Crippen molar-refractivity contribution in [1.29, 1.82) is 0 Å². The molecule has 138 valence electrons. The Hall–Kier alpha value is -1.89. The standard InChI is InChI=1S/C18H18Cl2N2O3S/c1-2-25-17(23)10-16(26-15-5-3-13(21)4-6-15)18(24)22-14-8-11(19)7-12(20)9-14/h3-9,16H,2,10,21H2,1H3,(H,22,24). The van der Waals surface area contributed by atoms with Crippen LogP contribution in [0.15, 0.2) is 47.4 Å². The summed E-state index contributed by atoms with van der Waals surface area (Å²) >= 11 is 13.2. The molecule has 0 aliphatic heterocycles.